The van der Waals surface area contributed by atoms with Gasteiger partial charge in [0.25, 0.3) is 0 Å². The van der Waals surface area contributed by atoms with Crippen LogP contribution >= 0.6 is 0 Å². The third-order valence-electron chi connectivity index (χ3n) is 21.8. The molecule has 9 aromatic heterocycles. The summed E-state index contributed by atoms with van der Waals surface area (Å²) in [6, 6.07) is 86.7. The van der Waals surface area contributed by atoms with Crippen molar-refractivity contribution in [2.45, 2.75) is 111 Å². The number of rotatable bonds is 13. The first-order valence-electron chi connectivity index (χ1n) is 41.0. The monoisotopic (exact) mass is 1580 g/mol. The van der Waals surface area contributed by atoms with Gasteiger partial charge < -0.3 is 21.3 Å². The molecule has 121 heavy (non-hydrogen) atoms. The first-order valence-corrected chi connectivity index (χ1v) is 41.0. The topological polar surface area (TPSA) is 190 Å². The van der Waals surface area contributed by atoms with Crippen LogP contribution in [0.25, 0.3) is 109 Å². The van der Waals surface area contributed by atoms with E-state index in [1.807, 2.05) is 105 Å². The SMILES string of the molecule is CC(C)(C)c1ccc(Nc2ncc(-c3ccc4ccncc4c3)c3ccccc23)cc1.CC(C)(C)c1ccc(Nc2ncc(-c3ccc4ncncc4c3)c3ccccc23)cc1.CC(C)(C)c1ccc(Nc2ncc(Cc3ccncc3)c3ccccc23)cc1.CC(C)(C)c1ncc(Nc2ncc(-c3ccc4ccncc4c3)c3ccccc23)cn1. The minimum absolute atomic E-state index is 0.0828. The summed E-state index contributed by atoms with van der Waals surface area (Å²) in [6.45, 7) is 26.4. The summed E-state index contributed by atoms with van der Waals surface area (Å²) in [7, 11) is 0. The molecule has 0 saturated heterocycles. The maximum atomic E-state index is 4.80. The van der Waals surface area contributed by atoms with Gasteiger partial charge in [-0.05, 0) is 184 Å². The molecule has 15 nitrogen and oxygen atoms in total. The number of pyridine rings is 7. The van der Waals surface area contributed by atoms with Gasteiger partial charge in [0.1, 0.15) is 35.4 Å². The predicted molar refractivity (Wildman–Crippen MR) is 503 cm³/mol. The van der Waals surface area contributed by atoms with Crippen molar-refractivity contribution in [1.29, 1.82) is 0 Å². The normalized spacial score (nSPS) is 11.7. The molecular formula is C106H97N15. The van der Waals surface area contributed by atoms with Crippen LogP contribution in [-0.2, 0) is 28.1 Å². The summed E-state index contributed by atoms with van der Waals surface area (Å²) in [5.41, 5.74) is 18.3. The van der Waals surface area contributed by atoms with E-state index in [-0.39, 0.29) is 21.7 Å². The van der Waals surface area contributed by atoms with Crippen molar-refractivity contribution in [3.8, 4) is 33.4 Å². The fraction of sp³-hybridized carbons (Fsp3) is 0.160. The zero-order chi connectivity index (χ0) is 83.8. The van der Waals surface area contributed by atoms with Crippen LogP contribution in [-0.4, -0.2) is 54.8 Å². The molecule has 0 aliphatic rings. The van der Waals surface area contributed by atoms with Crippen LogP contribution in [0, 0.1) is 0 Å². The molecule has 0 unspecified atom stereocenters. The second-order valence-electron chi connectivity index (χ2n) is 34.6. The smallest absolute Gasteiger partial charge is 0.138 e. The summed E-state index contributed by atoms with van der Waals surface area (Å²) in [4.78, 5) is 49.2. The van der Waals surface area contributed by atoms with Crippen LogP contribution < -0.4 is 21.3 Å². The lowest BCUT2D eigenvalue weighted by molar-refractivity contribution is 0.545. The second kappa shape index (κ2) is 34.5. The van der Waals surface area contributed by atoms with Gasteiger partial charge in [-0.2, -0.15) is 0 Å². The van der Waals surface area contributed by atoms with E-state index in [0.717, 1.165) is 146 Å². The molecule has 10 aromatic carbocycles. The number of fused-ring (bicyclic) bond motifs is 7. The zero-order valence-corrected chi connectivity index (χ0v) is 70.4. The Morgan fingerprint density at radius 2 is 0.595 bits per heavy atom. The maximum Gasteiger partial charge on any atom is 0.138 e. The lowest BCUT2D eigenvalue weighted by atomic mass is 9.87. The van der Waals surface area contributed by atoms with Gasteiger partial charge in [-0.3, -0.25) is 15.0 Å². The van der Waals surface area contributed by atoms with Gasteiger partial charge in [0, 0.05) is 145 Å². The third kappa shape index (κ3) is 18.7. The van der Waals surface area contributed by atoms with E-state index in [2.05, 4.69) is 364 Å². The fourth-order valence-corrected chi connectivity index (χ4v) is 14.9. The van der Waals surface area contributed by atoms with Gasteiger partial charge in [0.15, 0.2) is 0 Å². The molecule has 0 fully saturated rings. The van der Waals surface area contributed by atoms with Gasteiger partial charge in [-0.25, -0.2) is 39.9 Å². The highest BCUT2D eigenvalue weighted by atomic mass is 15.0. The molecule has 0 aliphatic carbocycles. The minimum Gasteiger partial charge on any atom is -0.340 e. The lowest BCUT2D eigenvalue weighted by Crippen LogP contribution is -2.15. The van der Waals surface area contributed by atoms with Crippen molar-refractivity contribution < 1.29 is 0 Å². The Balaban J connectivity index is 0.000000120. The standard InChI is InChI=1S/C28H25N3.C27H24N4.C26H23N5.C25H25N3/c1-28(2,3)22-10-12-23(13-11-22)31-27-25-7-5-4-6-24(25)26(18-30-27)20-9-8-19-14-15-29-17-21(19)16-20;1-27(2,3)20-9-11-21(12-10-20)31-26-23-7-5-4-6-22(23)24(16-29-26)18-8-13-25-19(14-18)15-28-17-30-25;1-26(2,3)25-29-14-20(15-30-25)31-24-22-7-5-4-6-21(22)23(16-28-24)18-9-8-17-10-11-27-13-19(17)12-18;1-25(2,3)20-8-10-21(11-9-20)28-24-23-7-5-4-6-22(23)19(17-27-24)16-18-12-14-26-15-13-18/h4-18H,1-3H3,(H,30,31);4-17H,1-3H3,(H,29,31);4-16H,1-3H3,(H,28,31);4-15,17H,16H2,1-3H3,(H,27,28). The summed E-state index contributed by atoms with van der Waals surface area (Å²) in [6.07, 6.45) is 26.8. The van der Waals surface area contributed by atoms with Crippen molar-refractivity contribution in [1.82, 2.24) is 54.8 Å². The Morgan fingerprint density at radius 1 is 0.248 bits per heavy atom. The van der Waals surface area contributed by atoms with Crippen LogP contribution in [0.15, 0.2) is 336 Å². The first-order chi connectivity index (χ1) is 58.5. The quantitative estimate of drug-likeness (QED) is 0.0852. The molecule has 0 radical (unpaired) electrons. The Labute approximate surface area is 707 Å². The molecule has 15 heteroatoms. The largest absolute Gasteiger partial charge is 0.340 e. The van der Waals surface area contributed by atoms with Gasteiger partial charge in [0.2, 0.25) is 0 Å². The number of anilines is 8. The van der Waals surface area contributed by atoms with E-state index in [0.29, 0.717) is 0 Å². The Bertz CT molecular complexity index is 6370. The number of hydrogen-bond donors (Lipinski definition) is 4. The highest BCUT2D eigenvalue weighted by Gasteiger charge is 2.21. The lowest BCUT2D eigenvalue weighted by Gasteiger charge is -2.19. The summed E-state index contributed by atoms with van der Waals surface area (Å²) in [5, 5.41) is 28.6. The molecule has 9 heterocycles. The summed E-state index contributed by atoms with van der Waals surface area (Å²) >= 11 is 0. The Morgan fingerprint density at radius 3 is 1.00 bits per heavy atom. The van der Waals surface area contributed by atoms with Gasteiger partial charge in [0.05, 0.1) is 23.6 Å². The minimum atomic E-state index is -0.0828. The number of benzene rings is 10. The second-order valence-corrected chi connectivity index (χ2v) is 34.6. The highest BCUT2D eigenvalue weighted by molar-refractivity contribution is 6.07. The maximum absolute atomic E-state index is 4.80. The summed E-state index contributed by atoms with van der Waals surface area (Å²) in [5.74, 6) is 4.21. The average molecular weight is 1580 g/mol. The molecule has 0 saturated carbocycles. The molecule has 0 bridgehead atoms. The van der Waals surface area contributed by atoms with Gasteiger partial charge >= 0.3 is 0 Å². The molecular weight excluding hydrogens is 1480 g/mol. The van der Waals surface area contributed by atoms with E-state index in [1.165, 1.54) is 49.4 Å². The van der Waals surface area contributed by atoms with Crippen molar-refractivity contribution in [2.75, 3.05) is 21.3 Å². The van der Waals surface area contributed by atoms with E-state index >= 15 is 0 Å². The molecule has 0 amide bonds. The molecule has 596 valence electrons. The van der Waals surface area contributed by atoms with Crippen LogP contribution in [0.2, 0.25) is 0 Å². The van der Waals surface area contributed by atoms with Crippen molar-refractivity contribution in [2.24, 2.45) is 0 Å². The average Bonchev–Trinajstić information content (AvgIpc) is 0.788. The van der Waals surface area contributed by atoms with Crippen LogP contribution in [0.5, 0.6) is 0 Å². The van der Waals surface area contributed by atoms with Gasteiger partial charge in [-0.15, -0.1) is 0 Å². The van der Waals surface area contributed by atoms with Gasteiger partial charge in [-0.1, -0.05) is 247 Å². The molecule has 0 aliphatic heterocycles. The third-order valence-corrected chi connectivity index (χ3v) is 21.8. The zero-order valence-electron chi connectivity index (χ0n) is 70.4. The van der Waals surface area contributed by atoms with Crippen molar-refractivity contribution in [3.63, 3.8) is 0 Å². The molecule has 19 aromatic rings. The van der Waals surface area contributed by atoms with E-state index in [1.54, 1.807) is 6.33 Å². The Hall–Kier alpha value is -14.6. The van der Waals surface area contributed by atoms with Crippen molar-refractivity contribution in [3.05, 3.63) is 369 Å². The van der Waals surface area contributed by atoms with E-state index in [9.17, 15) is 0 Å². The molecule has 4 N–H and O–H groups in total. The van der Waals surface area contributed by atoms with E-state index < -0.39 is 0 Å². The van der Waals surface area contributed by atoms with Crippen molar-refractivity contribution >= 4 is 122 Å². The van der Waals surface area contributed by atoms with Crippen LogP contribution in [0.4, 0.5) is 46.0 Å². The van der Waals surface area contributed by atoms with E-state index in [4.69, 9.17) is 19.9 Å². The number of nitrogens with one attached hydrogen (secondary N) is 4. The van der Waals surface area contributed by atoms with Crippen LogP contribution in [0.1, 0.15) is 117 Å². The van der Waals surface area contributed by atoms with Crippen LogP contribution in [0.3, 0.4) is 0 Å². The molecule has 19 rings (SSSR count). The fourth-order valence-electron chi connectivity index (χ4n) is 14.9. The number of hydrogen-bond acceptors (Lipinski definition) is 15. The number of nitrogens with zero attached hydrogens (tertiary/aromatic N) is 11. The summed E-state index contributed by atoms with van der Waals surface area (Å²) < 4.78 is 0. The Kier molecular flexibility index (Phi) is 22.9. The predicted octanol–water partition coefficient (Wildman–Crippen LogP) is 26.9. The first kappa shape index (κ1) is 80.2. The molecule has 0 atom stereocenters. The highest BCUT2D eigenvalue weighted by Crippen LogP contribution is 2.40. The number of aromatic nitrogens is 11. The molecule has 0 spiro atoms.